The minimum atomic E-state index is -2.98. The van der Waals surface area contributed by atoms with Gasteiger partial charge < -0.3 is 5.32 Å². The van der Waals surface area contributed by atoms with Gasteiger partial charge in [0.15, 0.2) is 0 Å². The van der Waals surface area contributed by atoms with Crippen LogP contribution in [-0.4, -0.2) is 26.5 Å². The highest BCUT2D eigenvalue weighted by Gasteiger charge is 2.13. The standard InChI is InChI=1S/C12H18FNO2S/c1-9(8-17(3,15)16)14-10(2)11-4-6-12(13)7-5-11/h4-7,9-10,14H,8H2,1-3H3. The molecule has 96 valence electrons. The van der Waals surface area contributed by atoms with Gasteiger partial charge in [-0.1, -0.05) is 12.1 Å². The lowest BCUT2D eigenvalue weighted by molar-refractivity contribution is 0.500. The zero-order valence-electron chi connectivity index (χ0n) is 10.3. The van der Waals surface area contributed by atoms with Crippen LogP contribution >= 0.6 is 0 Å². The van der Waals surface area contributed by atoms with Crippen molar-refractivity contribution in [2.45, 2.75) is 25.9 Å². The molecule has 0 spiro atoms. The van der Waals surface area contributed by atoms with E-state index in [-0.39, 0.29) is 23.7 Å². The lowest BCUT2D eigenvalue weighted by Gasteiger charge is -2.19. The molecule has 0 radical (unpaired) electrons. The van der Waals surface area contributed by atoms with E-state index in [1.807, 2.05) is 13.8 Å². The molecule has 0 amide bonds. The zero-order chi connectivity index (χ0) is 13.1. The first-order valence-corrected chi connectivity index (χ1v) is 7.53. The average Bonchev–Trinajstić information content (AvgIpc) is 2.15. The molecule has 0 bridgehead atoms. The number of hydrogen-bond acceptors (Lipinski definition) is 3. The molecule has 0 aliphatic rings. The summed E-state index contributed by atoms with van der Waals surface area (Å²) in [7, 11) is -2.98. The van der Waals surface area contributed by atoms with Crippen LogP contribution in [-0.2, 0) is 9.84 Å². The molecule has 0 aromatic heterocycles. The highest BCUT2D eigenvalue weighted by Crippen LogP contribution is 2.13. The topological polar surface area (TPSA) is 46.2 Å². The van der Waals surface area contributed by atoms with Gasteiger partial charge in [-0.3, -0.25) is 0 Å². The Kier molecular flexibility index (Phi) is 4.65. The van der Waals surface area contributed by atoms with Gasteiger partial charge in [0.1, 0.15) is 15.7 Å². The van der Waals surface area contributed by atoms with Crippen LogP contribution < -0.4 is 5.32 Å². The third-order valence-corrected chi connectivity index (χ3v) is 3.56. The molecule has 0 aliphatic carbocycles. The van der Waals surface area contributed by atoms with Gasteiger partial charge in [0.25, 0.3) is 0 Å². The maximum Gasteiger partial charge on any atom is 0.148 e. The van der Waals surface area contributed by atoms with Gasteiger partial charge in [0.05, 0.1) is 5.75 Å². The van der Waals surface area contributed by atoms with Crippen molar-refractivity contribution in [3.8, 4) is 0 Å². The predicted octanol–water partition coefficient (Wildman–Crippen LogP) is 1.91. The summed E-state index contributed by atoms with van der Waals surface area (Å²) in [4.78, 5) is 0. The highest BCUT2D eigenvalue weighted by atomic mass is 32.2. The molecule has 0 fully saturated rings. The summed E-state index contributed by atoms with van der Waals surface area (Å²) in [5, 5.41) is 3.17. The Morgan fingerprint density at radius 1 is 1.24 bits per heavy atom. The number of nitrogens with one attached hydrogen (secondary N) is 1. The van der Waals surface area contributed by atoms with Crippen molar-refractivity contribution in [1.29, 1.82) is 0 Å². The molecular formula is C12H18FNO2S. The number of hydrogen-bond donors (Lipinski definition) is 1. The van der Waals surface area contributed by atoms with Crippen LogP contribution in [0.3, 0.4) is 0 Å². The molecule has 0 aliphatic heterocycles. The maximum atomic E-state index is 12.7. The molecule has 5 heteroatoms. The first-order valence-electron chi connectivity index (χ1n) is 5.47. The van der Waals surface area contributed by atoms with Crippen LogP contribution in [0.15, 0.2) is 24.3 Å². The van der Waals surface area contributed by atoms with Crippen molar-refractivity contribution >= 4 is 9.84 Å². The third-order valence-electron chi connectivity index (χ3n) is 2.46. The molecule has 2 atom stereocenters. The summed E-state index contributed by atoms with van der Waals surface area (Å²) in [6.45, 7) is 3.74. The predicted molar refractivity (Wildman–Crippen MR) is 67.1 cm³/mol. The maximum absolute atomic E-state index is 12.7. The molecule has 1 rings (SSSR count). The van der Waals surface area contributed by atoms with Crippen LogP contribution in [0, 0.1) is 5.82 Å². The van der Waals surface area contributed by atoms with Crippen LogP contribution in [0.5, 0.6) is 0 Å². The molecule has 1 N–H and O–H groups in total. The first-order chi connectivity index (χ1) is 7.78. The summed E-state index contributed by atoms with van der Waals surface area (Å²) >= 11 is 0. The van der Waals surface area contributed by atoms with E-state index in [0.29, 0.717) is 0 Å². The molecule has 3 nitrogen and oxygen atoms in total. The summed E-state index contributed by atoms with van der Waals surface area (Å²) in [6, 6.07) is 6.04. The SMILES string of the molecule is CC(CS(C)(=O)=O)NC(C)c1ccc(F)cc1. The van der Waals surface area contributed by atoms with E-state index in [4.69, 9.17) is 0 Å². The van der Waals surface area contributed by atoms with Crippen LogP contribution in [0.1, 0.15) is 25.5 Å². The van der Waals surface area contributed by atoms with Crippen molar-refractivity contribution in [3.05, 3.63) is 35.6 Å². The Balaban J connectivity index is 2.60. The molecular weight excluding hydrogens is 241 g/mol. The van der Waals surface area contributed by atoms with Gasteiger partial charge in [-0.25, -0.2) is 12.8 Å². The van der Waals surface area contributed by atoms with Crippen molar-refractivity contribution in [1.82, 2.24) is 5.32 Å². The van der Waals surface area contributed by atoms with Gasteiger partial charge in [-0.15, -0.1) is 0 Å². The second-order valence-electron chi connectivity index (χ2n) is 4.43. The quantitative estimate of drug-likeness (QED) is 0.878. The summed E-state index contributed by atoms with van der Waals surface area (Å²) < 4.78 is 35.0. The smallest absolute Gasteiger partial charge is 0.148 e. The number of benzene rings is 1. The molecule has 0 saturated carbocycles. The summed E-state index contributed by atoms with van der Waals surface area (Å²) in [5.74, 6) is -0.177. The number of rotatable bonds is 5. The monoisotopic (exact) mass is 259 g/mol. The van der Waals surface area contributed by atoms with E-state index in [1.54, 1.807) is 12.1 Å². The van der Waals surface area contributed by atoms with E-state index in [9.17, 15) is 12.8 Å². The van der Waals surface area contributed by atoms with E-state index >= 15 is 0 Å². The Bertz CT molecular complexity index is 456. The summed E-state index contributed by atoms with van der Waals surface area (Å²) in [6.07, 6.45) is 1.22. The van der Waals surface area contributed by atoms with Gasteiger partial charge in [-0.05, 0) is 31.5 Å². The minimum absolute atomic E-state index is 0.00708. The Labute approximate surface area is 102 Å². The van der Waals surface area contributed by atoms with Crippen LogP contribution in [0.2, 0.25) is 0 Å². The van der Waals surface area contributed by atoms with Crippen LogP contribution in [0.25, 0.3) is 0 Å². The molecule has 2 unspecified atom stereocenters. The fourth-order valence-electron chi connectivity index (χ4n) is 1.78. The Morgan fingerprint density at radius 2 is 1.76 bits per heavy atom. The van der Waals surface area contributed by atoms with E-state index in [1.165, 1.54) is 18.4 Å². The molecule has 1 aromatic rings. The van der Waals surface area contributed by atoms with Gasteiger partial charge in [0, 0.05) is 18.3 Å². The van der Waals surface area contributed by atoms with E-state index in [0.717, 1.165) is 5.56 Å². The van der Waals surface area contributed by atoms with Crippen molar-refractivity contribution in [2.75, 3.05) is 12.0 Å². The second-order valence-corrected chi connectivity index (χ2v) is 6.62. The Morgan fingerprint density at radius 3 is 2.24 bits per heavy atom. The van der Waals surface area contributed by atoms with E-state index in [2.05, 4.69) is 5.32 Å². The fourth-order valence-corrected chi connectivity index (χ4v) is 2.78. The second kappa shape index (κ2) is 5.60. The average molecular weight is 259 g/mol. The van der Waals surface area contributed by atoms with E-state index < -0.39 is 9.84 Å². The van der Waals surface area contributed by atoms with Gasteiger partial charge in [-0.2, -0.15) is 0 Å². The Hall–Kier alpha value is -0.940. The lowest BCUT2D eigenvalue weighted by atomic mass is 10.1. The lowest BCUT2D eigenvalue weighted by Crippen LogP contribution is -2.34. The minimum Gasteiger partial charge on any atom is -0.307 e. The first kappa shape index (κ1) is 14.1. The summed E-state index contributed by atoms with van der Waals surface area (Å²) in [5.41, 5.74) is 0.937. The molecule has 1 aromatic carbocycles. The van der Waals surface area contributed by atoms with Gasteiger partial charge >= 0.3 is 0 Å². The number of halogens is 1. The van der Waals surface area contributed by atoms with Crippen molar-refractivity contribution in [3.63, 3.8) is 0 Å². The number of sulfone groups is 1. The van der Waals surface area contributed by atoms with Crippen LogP contribution in [0.4, 0.5) is 4.39 Å². The largest absolute Gasteiger partial charge is 0.307 e. The highest BCUT2D eigenvalue weighted by molar-refractivity contribution is 7.90. The zero-order valence-corrected chi connectivity index (χ0v) is 11.1. The molecule has 0 heterocycles. The third kappa shape index (κ3) is 5.28. The normalized spacial score (nSPS) is 15.5. The molecule has 17 heavy (non-hydrogen) atoms. The molecule has 0 saturated heterocycles. The fraction of sp³-hybridized carbons (Fsp3) is 0.500. The van der Waals surface area contributed by atoms with Crippen molar-refractivity contribution < 1.29 is 12.8 Å². The van der Waals surface area contributed by atoms with Gasteiger partial charge in [0.2, 0.25) is 0 Å². The van der Waals surface area contributed by atoms with Crippen molar-refractivity contribution in [2.24, 2.45) is 0 Å².